The van der Waals surface area contributed by atoms with Crippen LogP contribution < -0.4 is 4.90 Å². The minimum atomic E-state index is -0.412. The molecule has 0 aromatic heterocycles. The number of carbonyl (C=O) groups is 1. The Labute approximate surface area is 139 Å². The third-order valence-corrected chi connectivity index (χ3v) is 5.26. The first-order valence-electron chi connectivity index (χ1n) is 8.39. The number of nitriles is 1. The lowest BCUT2D eigenvalue weighted by Gasteiger charge is -2.30. The molecule has 5 rings (SSSR count). The van der Waals surface area contributed by atoms with E-state index >= 15 is 0 Å². The van der Waals surface area contributed by atoms with Gasteiger partial charge in [-0.1, -0.05) is 24.3 Å². The Morgan fingerprint density at radius 1 is 1.04 bits per heavy atom. The largest absolute Gasteiger partial charge is 0.371 e. The zero-order valence-electron chi connectivity index (χ0n) is 13.2. The monoisotopic (exact) mass is 313 g/mol. The Kier molecular flexibility index (Phi) is 2.69. The summed E-state index contributed by atoms with van der Waals surface area (Å²) < 4.78 is 0. The molecule has 4 heteroatoms. The summed E-state index contributed by atoms with van der Waals surface area (Å²) in [7, 11) is 0. The first-order valence-corrected chi connectivity index (χ1v) is 8.39. The first kappa shape index (κ1) is 13.5. The maximum absolute atomic E-state index is 12.0. The van der Waals surface area contributed by atoms with Gasteiger partial charge in [0.2, 0.25) is 0 Å². The summed E-state index contributed by atoms with van der Waals surface area (Å²) >= 11 is 0. The van der Waals surface area contributed by atoms with E-state index < -0.39 is 5.91 Å². The normalized spacial score (nSPS) is 18.9. The first-order chi connectivity index (χ1) is 11.8. The average molecular weight is 313 g/mol. The number of carbonyl (C=O) groups excluding carboxylic acids is 1. The number of nitrogens with zero attached hydrogens (tertiary/aromatic N) is 3. The molecule has 3 aliphatic rings. The van der Waals surface area contributed by atoms with Crippen LogP contribution in [0.1, 0.15) is 30.4 Å². The highest BCUT2D eigenvalue weighted by atomic mass is 16.1. The Morgan fingerprint density at radius 3 is 2.67 bits per heavy atom. The van der Waals surface area contributed by atoms with Gasteiger partial charge in [-0.3, -0.25) is 4.79 Å². The lowest BCUT2D eigenvalue weighted by atomic mass is 9.99. The van der Waals surface area contributed by atoms with Crippen molar-refractivity contribution in [3.63, 3.8) is 0 Å². The fourth-order valence-corrected chi connectivity index (χ4v) is 4.21. The van der Waals surface area contributed by atoms with Gasteiger partial charge in [0.05, 0.1) is 5.71 Å². The summed E-state index contributed by atoms with van der Waals surface area (Å²) in [5, 5.41) is 11.7. The van der Waals surface area contributed by atoms with E-state index in [1.165, 1.54) is 30.3 Å². The predicted molar refractivity (Wildman–Crippen MR) is 94.1 cm³/mol. The van der Waals surface area contributed by atoms with E-state index in [2.05, 4.69) is 28.1 Å². The van der Waals surface area contributed by atoms with Crippen molar-refractivity contribution in [1.29, 1.82) is 5.26 Å². The van der Waals surface area contributed by atoms with Gasteiger partial charge >= 0.3 is 0 Å². The van der Waals surface area contributed by atoms with E-state index in [1.54, 1.807) is 0 Å². The average Bonchev–Trinajstić information content (AvgIpc) is 3.11. The number of benzene rings is 2. The zero-order chi connectivity index (χ0) is 16.3. The Hall–Kier alpha value is -2.93. The molecule has 0 N–H and O–H groups in total. The second-order valence-corrected chi connectivity index (χ2v) is 6.54. The third kappa shape index (κ3) is 1.62. The van der Waals surface area contributed by atoms with Crippen molar-refractivity contribution in [1.82, 2.24) is 0 Å². The topological polar surface area (TPSA) is 56.5 Å². The van der Waals surface area contributed by atoms with Crippen molar-refractivity contribution < 1.29 is 4.79 Å². The number of rotatable bonds is 1. The van der Waals surface area contributed by atoms with Gasteiger partial charge in [-0.15, -0.1) is 0 Å². The van der Waals surface area contributed by atoms with Crippen molar-refractivity contribution in [2.75, 3.05) is 18.0 Å². The Balaban J connectivity index is 1.80. The number of aliphatic imine (C=N–C) groups is 1. The summed E-state index contributed by atoms with van der Waals surface area (Å²) in [6.07, 6.45) is 3.76. The maximum atomic E-state index is 12.0. The second-order valence-electron chi connectivity index (χ2n) is 6.54. The van der Waals surface area contributed by atoms with Gasteiger partial charge < -0.3 is 4.90 Å². The molecule has 0 atom stereocenters. The van der Waals surface area contributed by atoms with Gasteiger partial charge in [0.1, 0.15) is 11.6 Å². The smallest absolute Gasteiger partial charge is 0.288 e. The number of anilines is 1. The van der Waals surface area contributed by atoms with Crippen LogP contribution in [0.3, 0.4) is 0 Å². The van der Waals surface area contributed by atoms with Crippen molar-refractivity contribution in [2.24, 2.45) is 4.99 Å². The molecule has 4 nitrogen and oxygen atoms in total. The van der Waals surface area contributed by atoms with E-state index in [1.807, 2.05) is 18.2 Å². The highest BCUT2D eigenvalue weighted by molar-refractivity contribution is 6.50. The minimum Gasteiger partial charge on any atom is -0.371 e. The van der Waals surface area contributed by atoms with Crippen LogP contribution in [0.4, 0.5) is 5.69 Å². The number of fused-ring (bicyclic) bond motifs is 3. The van der Waals surface area contributed by atoms with Crippen LogP contribution in [-0.4, -0.2) is 24.7 Å². The van der Waals surface area contributed by atoms with Gasteiger partial charge in [-0.05, 0) is 30.9 Å². The SMILES string of the molecule is N#CC1=C2C(=NC1=O)c1cccc3c(N4CCCCC4)ccc2c13. The number of allylic oxidation sites excluding steroid dienone is 1. The number of piperidine rings is 1. The van der Waals surface area contributed by atoms with Crippen molar-refractivity contribution >= 4 is 33.7 Å². The Bertz CT molecular complexity index is 1020. The van der Waals surface area contributed by atoms with Crippen molar-refractivity contribution in [3.05, 3.63) is 47.0 Å². The van der Waals surface area contributed by atoms with Crippen LogP contribution >= 0.6 is 0 Å². The minimum absolute atomic E-state index is 0.174. The molecule has 0 saturated carbocycles. The lowest BCUT2D eigenvalue weighted by molar-refractivity contribution is -0.113. The molecule has 1 saturated heterocycles. The molecule has 24 heavy (non-hydrogen) atoms. The molecule has 2 heterocycles. The predicted octanol–water partition coefficient (Wildman–Crippen LogP) is 3.45. The van der Waals surface area contributed by atoms with Crippen LogP contribution in [0, 0.1) is 11.3 Å². The van der Waals surface area contributed by atoms with E-state index in [0.717, 1.165) is 35.2 Å². The van der Waals surface area contributed by atoms with Crippen LogP contribution in [0.2, 0.25) is 0 Å². The van der Waals surface area contributed by atoms with Gasteiger partial charge in [0.25, 0.3) is 5.91 Å². The standard InChI is InChI=1S/C20H15N3O/c21-11-15-18-13-7-8-16(23-9-2-1-3-10-23)12-5-4-6-14(17(12)13)19(18)22-20(15)24/h4-8H,1-3,9-10H2. The molecular weight excluding hydrogens is 298 g/mol. The van der Waals surface area contributed by atoms with Gasteiger partial charge in [-0.2, -0.15) is 5.26 Å². The van der Waals surface area contributed by atoms with Gasteiger partial charge in [0, 0.05) is 40.7 Å². The maximum Gasteiger partial charge on any atom is 0.288 e. The molecule has 2 aliphatic heterocycles. The summed E-state index contributed by atoms with van der Waals surface area (Å²) in [4.78, 5) is 18.6. The van der Waals surface area contributed by atoms with Gasteiger partial charge in [-0.25, -0.2) is 4.99 Å². The quantitative estimate of drug-likeness (QED) is 0.810. The summed E-state index contributed by atoms with van der Waals surface area (Å²) in [6, 6.07) is 12.4. The molecule has 116 valence electrons. The van der Waals surface area contributed by atoms with Crippen LogP contribution in [0.25, 0.3) is 16.3 Å². The van der Waals surface area contributed by atoms with E-state index in [0.29, 0.717) is 5.71 Å². The highest BCUT2D eigenvalue weighted by Gasteiger charge is 2.36. The molecule has 2 aromatic carbocycles. The molecule has 1 aliphatic carbocycles. The molecule has 2 aromatic rings. The summed E-state index contributed by atoms with van der Waals surface area (Å²) in [5.74, 6) is -0.412. The lowest BCUT2D eigenvalue weighted by Crippen LogP contribution is -2.29. The van der Waals surface area contributed by atoms with E-state index in [4.69, 9.17) is 0 Å². The van der Waals surface area contributed by atoms with E-state index in [-0.39, 0.29) is 5.57 Å². The fraction of sp³-hybridized carbons (Fsp3) is 0.250. The Morgan fingerprint density at radius 2 is 1.88 bits per heavy atom. The highest BCUT2D eigenvalue weighted by Crippen LogP contribution is 2.45. The summed E-state index contributed by atoms with van der Waals surface area (Å²) in [5.41, 5.74) is 4.78. The van der Waals surface area contributed by atoms with Crippen molar-refractivity contribution in [2.45, 2.75) is 19.3 Å². The molecule has 0 spiro atoms. The number of amides is 1. The van der Waals surface area contributed by atoms with Crippen LogP contribution in [-0.2, 0) is 4.79 Å². The molecular formula is C20H15N3O. The number of hydrogen-bond acceptors (Lipinski definition) is 3. The van der Waals surface area contributed by atoms with Crippen molar-refractivity contribution in [3.8, 4) is 6.07 Å². The fourth-order valence-electron chi connectivity index (χ4n) is 4.21. The number of hydrogen-bond donors (Lipinski definition) is 0. The zero-order valence-corrected chi connectivity index (χ0v) is 13.2. The van der Waals surface area contributed by atoms with Crippen LogP contribution in [0.5, 0.6) is 0 Å². The molecule has 0 bridgehead atoms. The third-order valence-electron chi connectivity index (χ3n) is 5.26. The molecule has 1 fully saturated rings. The molecule has 1 amide bonds. The van der Waals surface area contributed by atoms with Crippen LogP contribution in [0.15, 0.2) is 40.9 Å². The molecule has 0 unspecified atom stereocenters. The molecule has 0 radical (unpaired) electrons. The second kappa shape index (κ2) is 4.78. The van der Waals surface area contributed by atoms with Gasteiger partial charge in [0.15, 0.2) is 0 Å². The van der Waals surface area contributed by atoms with E-state index in [9.17, 15) is 10.1 Å². The summed E-state index contributed by atoms with van der Waals surface area (Å²) in [6.45, 7) is 2.18.